The average molecular weight is 339 g/mol. The molecule has 1 amide bonds. The van der Waals surface area contributed by atoms with E-state index in [2.05, 4.69) is 33.4 Å². The molecule has 0 bridgehead atoms. The lowest BCUT2D eigenvalue weighted by Gasteiger charge is -2.31. The zero-order valence-electron chi connectivity index (χ0n) is 11.4. The average Bonchev–Trinajstić information content (AvgIpc) is 2.48. The highest BCUT2D eigenvalue weighted by atomic mass is 79.9. The summed E-state index contributed by atoms with van der Waals surface area (Å²) in [6.45, 7) is 3.75. The standard InChI is InChI=1S/C15H19BrN2O2/c16-14-3-1-2-11-4-6-18(9-13(11)14)15(19)8-12-10-20-7-5-17-12/h1-3,12,17H,4-10H2. The van der Waals surface area contributed by atoms with Crippen molar-refractivity contribution in [1.82, 2.24) is 10.2 Å². The minimum Gasteiger partial charge on any atom is -0.378 e. The molecule has 20 heavy (non-hydrogen) atoms. The summed E-state index contributed by atoms with van der Waals surface area (Å²) in [5.41, 5.74) is 2.60. The number of nitrogens with zero attached hydrogens (tertiary/aromatic N) is 1. The Hall–Kier alpha value is -0.910. The van der Waals surface area contributed by atoms with Crippen LogP contribution < -0.4 is 5.32 Å². The van der Waals surface area contributed by atoms with E-state index in [9.17, 15) is 4.79 Å². The second kappa shape index (κ2) is 6.24. The highest BCUT2D eigenvalue weighted by molar-refractivity contribution is 9.10. The van der Waals surface area contributed by atoms with Gasteiger partial charge in [0, 0.05) is 36.6 Å². The molecule has 0 aliphatic carbocycles. The minimum atomic E-state index is 0.164. The first-order valence-electron chi connectivity index (χ1n) is 7.09. The highest BCUT2D eigenvalue weighted by Crippen LogP contribution is 2.26. The van der Waals surface area contributed by atoms with Crippen LogP contribution in [-0.4, -0.2) is 43.2 Å². The van der Waals surface area contributed by atoms with Gasteiger partial charge in [-0.1, -0.05) is 28.1 Å². The molecule has 1 fully saturated rings. The number of amides is 1. The van der Waals surface area contributed by atoms with Crippen LogP contribution >= 0.6 is 15.9 Å². The third kappa shape index (κ3) is 3.05. The van der Waals surface area contributed by atoms with Gasteiger partial charge in [0.1, 0.15) is 0 Å². The Morgan fingerprint density at radius 1 is 1.50 bits per heavy atom. The first-order chi connectivity index (χ1) is 9.74. The van der Waals surface area contributed by atoms with E-state index in [0.717, 1.165) is 30.6 Å². The summed E-state index contributed by atoms with van der Waals surface area (Å²) in [7, 11) is 0. The number of hydrogen-bond acceptors (Lipinski definition) is 3. The number of halogens is 1. The molecule has 108 valence electrons. The van der Waals surface area contributed by atoms with Gasteiger partial charge in [-0.2, -0.15) is 0 Å². The highest BCUT2D eigenvalue weighted by Gasteiger charge is 2.25. The molecule has 2 aliphatic heterocycles. The molecule has 0 aromatic heterocycles. The third-order valence-electron chi connectivity index (χ3n) is 3.99. The van der Waals surface area contributed by atoms with Crippen LogP contribution in [0.5, 0.6) is 0 Å². The molecule has 5 heteroatoms. The van der Waals surface area contributed by atoms with Crippen LogP contribution in [0.3, 0.4) is 0 Å². The summed E-state index contributed by atoms with van der Waals surface area (Å²) >= 11 is 3.59. The number of ether oxygens (including phenoxy) is 1. The number of morpholine rings is 1. The number of carbonyl (C=O) groups excluding carboxylic acids is 1. The minimum absolute atomic E-state index is 0.164. The smallest absolute Gasteiger partial charge is 0.224 e. The summed E-state index contributed by atoms with van der Waals surface area (Å²) in [5, 5.41) is 3.34. The van der Waals surface area contributed by atoms with Crippen molar-refractivity contribution in [1.29, 1.82) is 0 Å². The second-order valence-corrected chi connectivity index (χ2v) is 6.23. The number of carbonyl (C=O) groups is 1. The summed E-state index contributed by atoms with van der Waals surface area (Å²) in [6.07, 6.45) is 1.47. The summed E-state index contributed by atoms with van der Waals surface area (Å²) < 4.78 is 6.51. The fourth-order valence-corrected chi connectivity index (χ4v) is 3.38. The van der Waals surface area contributed by atoms with Crippen LogP contribution in [0.2, 0.25) is 0 Å². The van der Waals surface area contributed by atoms with Gasteiger partial charge in [0.15, 0.2) is 0 Å². The van der Waals surface area contributed by atoms with Crippen LogP contribution in [0.25, 0.3) is 0 Å². The van der Waals surface area contributed by atoms with Gasteiger partial charge in [0.05, 0.1) is 13.2 Å². The van der Waals surface area contributed by atoms with Gasteiger partial charge < -0.3 is 15.0 Å². The fraction of sp³-hybridized carbons (Fsp3) is 0.533. The maximum Gasteiger partial charge on any atom is 0.224 e. The van der Waals surface area contributed by atoms with Gasteiger partial charge in [0.2, 0.25) is 5.91 Å². The van der Waals surface area contributed by atoms with Crippen molar-refractivity contribution in [2.24, 2.45) is 0 Å². The molecule has 0 radical (unpaired) electrons. The lowest BCUT2D eigenvalue weighted by Crippen LogP contribution is -2.46. The molecular weight excluding hydrogens is 320 g/mol. The van der Waals surface area contributed by atoms with Crippen molar-refractivity contribution in [2.75, 3.05) is 26.3 Å². The first kappa shape index (κ1) is 14.0. The molecule has 1 aromatic carbocycles. The van der Waals surface area contributed by atoms with Crippen molar-refractivity contribution in [3.8, 4) is 0 Å². The molecule has 1 aromatic rings. The maximum absolute atomic E-state index is 12.4. The van der Waals surface area contributed by atoms with Gasteiger partial charge in [-0.15, -0.1) is 0 Å². The molecule has 2 heterocycles. The van der Waals surface area contributed by atoms with Crippen LogP contribution in [0.15, 0.2) is 22.7 Å². The normalized spacial score (nSPS) is 22.4. The molecule has 4 nitrogen and oxygen atoms in total. The van der Waals surface area contributed by atoms with Crippen molar-refractivity contribution < 1.29 is 9.53 Å². The van der Waals surface area contributed by atoms with Crippen molar-refractivity contribution >= 4 is 21.8 Å². The molecule has 1 N–H and O–H groups in total. The largest absolute Gasteiger partial charge is 0.378 e. The monoisotopic (exact) mass is 338 g/mol. The Balaban J connectivity index is 1.64. The van der Waals surface area contributed by atoms with Gasteiger partial charge in [-0.25, -0.2) is 0 Å². The lowest BCUT2D eigenvalue weighted by molar-refractivity contribution is -0.133. The van der Waals surface area contributed by atoms with Crippen LogP contribution in [-0.2, 0) is 22.5 Å². The Kier molecular flexibility index (Phi) is 4.38. The number of rotatable bonds is 2. The molecule has 1 saturated heterocycles. The first-order valence-corrected chi connectivity index (χ1v) is 7.88. The molecule has 1 unspecified atom stereocenters. The Morgan fingerprint density at radius 2 is 2.40 bits per heavy atom. The van der Waals surface area contributed by atoms with Gasteiger partial charge in [-0.05, 0) is 23.6 Å². The van der Waals surface area contributed by atoms with E-state index < -0.39 is 0 Å². The molecule has 1 atom stereocenters. The quantitative estimate of drug-likeness (QED) is 0.892. The second-order valence-electron chi connectivity index (χ2n) is 5.37. The van der Waals surface area contributed by atoms with Crippen molar-refractivity contribution in [3.05, 3.63) is 33.8 Å². The van der Waals surface area contributed by atoms with Gasteiger partial charge >= 0.3 is 0 Å². The summed E-state index contributed by atoms with van der Waals surface area (Å²) in [5.74, 6) is 0.217. The van der Waals surface area contributed by atoms with Crippen molar-refractivity contribution in [2.45, 2.75) is 25.4 Å². The van der Waals surface area contributed by atoms with Crippen LogP contribution in [0.4, 0.5) is 0 Å². The molecule has 2 aliphatic rings. The molecule has 0 spiro atoms. The van der Waals surface area contributed by atoms with E-state index in [-0.39, 0.29) is 11.9 Å². The fourth-order valence-electron chi connectivity index (χ4n) is 2.84. The SMILES string of the molecule is O=C(CC1COCCN1)N1CCc2cccc(Br)c2C1. The number of fused-ring (bicyclic) bond motifs is 1. The summed E-state index contributed by atoms with van der Waals surface area (Å²) in [6, 6.07) is 6.42. The van der Waals surface area contributed by atoms with E-state index in [1.54, 1.807) is 0 Å². The van der Waals surface area contributed by atoms with E-state index in [1.165, 1.54) is 11.1 Å². The van der Waals surface area contributed by atoms with Gasteiger partial charge in [-0.3, -0.25) is 4.79 Å². The zero-order chi connectivity index (χ0) is 13.9. The van der Waals surface area contributed by atoms with E-state index in [1.807, 2.05) is 11.0 Å². The Bertz CT molecular complexity index is 501. The molecule has 0 saturated carbocycles. The summed E-state index contributed by atoms with van der Waals surface area (Å²) in [4.78, 5) is 14.4. The Morgan fingerprint density at radius 3 is 3.20 bits per heavy atom. The van der Waals surface area contributed by atoms with Crippen LogP contribution in [0.1, 0.15) is 17.5 Å². The van der Waals surface area contributed by atoms with Gasteiger partial charge in [0.25, 0.3) is 0 Å². The third-order valence-corrected chi connectivity index (χ3v) is 4.73. The van der Waals surface area contributed by atoms with Crippen molar-refractivity contribution in [3.63, 3.8) is 0 Å². The van der Waals surface area contributed by atoms with E-state index >= 15 is 0 Å². The number of benzene rings is 1. The Labute approximate surface area is 127 Å². The molecule has 3 rings (SSSR count). The van der Waals surface area contributed by atoms with E-state index in [0.29, 0.717) is 19.6 Å². The maximum atomic E-state index is 12.4. The topological polar surface area (TPSA) is 41.6 Å². The zero-order valence-corrected chi connectivity index (χ0v) is 13.0. The van der Waals surface area contributed by atoms with Crippen LogP contribution in [0, 0.1) is 0 Å². The number of nitrogens with one attached hydrogen (secondary N) is 1. The predicted octanol–water partition coefficient (Wildman–Crippen LogP) is 1.71. The lowest BCUT2D eigenvalue weighted by atomic mass is 9.99. The van der Waals surface area contributed by atoms with E-state index in [4.69, 9.17) is 4.74 Å². The molecular formula is C15H19BrN2O2. The predicted molar refractivity (Wildman–Crippen MR) is 80.5 cm³/mol. The number of hydrogen-bond donors (Lipinski definition) is 1.